The molecule has 0 amide bonds. The summed E-state index contributed by atoms with van der Waals surface area (Å²) in [5, 5.41) is 81.5. The number of aromatic nitrogens is 2. The van der Waals surface area contributed by atoms with E-state index in [4.69, 9.17) is 15.2 Å². The summed E-state index contributed by atoms with van der Waals surface area (Å²) in [5.41, 5.74) is -2.29. The molecule has 1 unspecified atom stereocenters. The van der Waals surface area contributed by atoms with Crippen LogP contribution in [0.3, 0.4) is 0 Å². The number of phenols is 2. The average Bonchev–Trinajstić information content (AvgIpc) is 3.54. The summed E-state index contributed by atoms with van der Waals surface area (Å²) in [6, 6.07) is 19.3. The van der Waals surface area contributed by atoms with Crippen molar-refractivity contribution in [2.24, 2.45) is 0 Å². The molecular weight excluding hydrogens is 803 g/mol. The Bertz CT molecular complexity index is 2210. The molecule has 0 aliphatic heterocycles. The number of nitrogens with zero attached hydrogens (tertiary/aromatic N) is 9. The van der Waals surface area contributed by atoms with Gasteiger partial charge in [0.25, 0.3) is 22.9 Å². The zero-order valence-corrected chi connectivity index (χ0v) is 32.6. The minimum absolute atomic E-state index is 0.447. The van der Waals surface area contributed by atoms with E-state index in [2.05, 4.69) is 85.7 Å². The van der Waals surface area contributed by atoms with Gasteiger partial charge in [0.2, 0.25) is 0 Å². The van der Waals surface area contributed by atoms with Crippen LogP contribution in [0.25, 0.3) is 11.0 Å². The fourth-order valence-corrected chi connectivity index (χ4v) is 6.21. The SMILES string of the molecule is CCC(C)c1ccc(Sc2nc3ccccc3n2CCN(CC)CC)cc1.O=[N+]([O-])c1cc([N+](=O)[O-])c(O)c([N+](=O)[O-])c1.O=[N+]([O-])c1cc([N+](=O)[O-])c(O)c([N+](=O)[O-])c1. The molecule has 5 aromatic rings. The second-order valence-electron chi connectivity index (χ2n) is 12.2. The number of fused-ring (bicyclic) bond motifs is 1. The Morgan fingerprint density at radius 3 is 1.46 bits per heavy atom. The molecule has 1 heterocycles. The maximum atomic E-state index is 10.4. The molecule has 0 saturated heterocycles. The first kappa shape index (κ1) is 46.0. The van der Waals surface area contributed by atoms with Crippen molar-refractivity contribution in [3.8, 4) is 11.5 Å². The second-order valence-corrected chi connectivity index (χ2v) is 13.3. The molecule has 312 valence electrons. The maximum absolute atomic E-state index is 10.4. The number of nitro groups is 6. The van der Waals surface area contributed by atoms with Crippen LogP contribution in [0.4, 0.5) is 34.1 Å². The van der Waals surface area contributed by atoms with Crippen LogP contribution in [0.2, 0.25) is 0 Å². The first-order chi connectivity index (χ1) is 27.8. The average molecular weight is 840 g/mol. The largest absolute Gasteiger partial charge is 0.497 e. The Hall–Kier alpha value is -7.34. The standard InChI is InChI=1S/C23H31N3S.2C6H3N3O7/c1-5-18(4)19-12-14-20(15-13-19)27-23-24-21-10-8-9-11-22(21)26(23)17-16-25(6-2)7-3;2*10-6-4(8(13)14)1-3(7(11)12)2-5(6)9(15)16/h8-15,18H,5-7,16-17H2,1-4H3;2*1-2,10H. The number of nitro benzene ring substituents is 6. The monoisotopic (exact) mass is 839 g/mol. The van der Waals surface area contributed by atoms with Gasteiger partial charge in [-0.1, -0.05) is 63.7 Å². The first-order valence-electron chi connectivity index (χ1n) is 17.4. The zero-order chi connectivity index (χ0) is 44.1. The molecule has 0 aliphatic carbocycles. The highest BCUT2D eigenvalue weighted by Gasteiger charge is 2.31. The molecule has 5 rings (SSSR count). The quantitative estimate of drug-likeness (QED) is 0.0739. The Kier molecular flexibility index (Phi) is 16.2. The molecule has 0 spiro atoms. The lowest BCUT2D eigenvalue weighted by atomic mass is 9.99. The number of hydrogen-bond donors (Lipinski definition) is 2. The van der Waals surface area contributed by atoms with Gasteiger partial charge in [0.1, 0.15) is 0 Å². The summed E-state index contributed by atoms with van der Waals surface area (Å²) in [7, 11) is 0. The molecule has 1 aromatic heterocycles. The van der Waals surface area contributed by atoms with Crippen molar-refractivity contribution in [2.75, 3.05) is 19.6 Å². The predicted molar refractivity (Wildman–Crippen MR) is 213 cm³/mol. The molecule has 4 aromatic carbocycles. The number of imidazole rings is 1. The summed E-state index contributed by atoms with van der Waals surface area (Å²) in [5.74, 6) is -1.80. The molecule has 0 radical (unpaired) electrons. The zero-order valence-electron chi connectivity index (χ0n) is 31.8. The van der Waals surface area contributed by atoms with E-state index < -0.39 is 75.2 Å². The summed E-state index contributed by atoms with van der Waals surface area (Å²) in [6.45, 7) is 13.2. The summed E-state index contributed by atoms with van der Waals surface area (Å²) in [6.07, 6.45) is 1.17. The van der Waals surface area contributed by atoms with Crippen molar-refractivity contribution in [1.82, 2.24) is 14.5 Å². The van der Waals surface area contributed by atoms with E-state index in [-0.39, 0.29) is 0 Å². The van der Waals surface area contributed by atoms with Crippen molar-refractivity contribution >= 4 is 56.9 Å². The highest BCUT2D eigenvalue weighted by molar-refractivity contribution is 7.99. The highest BCUT2D eigenvalue weighted by atomic mass is 32.2. The number of phenolic OH excluding ortho intramolecular Hbond substituents is 2. The van der Waals surface area contributed by atoms with Gasteiger partial charge in [-0.2, -0.15) is 0 Å². The third-order valence-electron chi connectivity index (χ3n) is 8.74. The molecule has 0 fully saturated rings. The smallest absolute Gasteiger partial charge is 0.324 e. The molecule has 0 bridgehead atoms. The van der Waals surface area contributed by atoms with Gasteiger partial charge < -0.3 is 19.7 Å². The number of para-hydroxylation sites is 2. The van der Waals surface area contributed by atoms with Crippen LogP contribution in [0.15, 0.2) is 82.8 Å². The minimum Gasteiger partial charge on any atom is -0.497 e. The normalized spacial score (nSPS) is 11.1. The van der Waals surface area contributed by atoms with E-state index in [1.54, 1.807) is 11.8 Å². The van der Waals surface area contributed by atoms with Crippen molar-refractivity contribution in [2.45, 2.75) is 56.6 Å². The number of likely N-dealkylation sites (N-methyl/N-ethyl adjacent to an activating group) is 1. The van der Waals surface area contributed by atoms with Crippen LogP contribution in [0, 0.1) is 60.7 Å². The minimum atomic E-state index is -1.21. The van der Waals surface area contributed by atoms with Crippen LogP contribution < -0.4 is 0 Å². The van der Waals surface area contributed by atoms with E-state index in [9.17, 15) is 60.7 Å². The maximum Gasteiger partial charge on any atom is 0.324 e. The number of hydrogen-bond acceptors (Lipinski definition) is 17. The van der Waals surface area contributed by atoms with E-state index >= 15 is 0 Å². The fourth-order valence-electron chi connectivity index (χ4n) is 5.28. The van der Waals surface area contributed by atoms with Gasteiger partial charge in [-0.05, 0) is 55.3 Å². The predicted octanol–water partition coefficient (Wildman–Crippen LogP) is 8.28. The lowest BCUT2D eigenvalue weighted by molar-refractivity contribution is -0.404. The van der Waals surface area contributed by atoms with E-state index in [0.717, 1.165) is 36.9 Å². The van der Waals surface area contributed by atoms with Gasteiger partial charge in [-0.3, -0.25) is 60.7 Å². The lowest BCUT2D eigenvalue weighted by Gasteiger charge is -2.19. The highest BCUT2D eigenvalue weighted by Crippen LogP contribution is 2.40. The summed E-state index contributed by atoms with van der Waals surface area (Å²) in [4.78, 5) is 64.2. The van der Waals surface area contributed by atoms with Crippen molar-refractivity contribution in [3.05, 3.63) is 139 Å². The number of rotatable bonds is 15. The topological polar surface area (TPSA) is 320 Å². The summed E-state index contributed by atoms with van der Waals surface area (Å²) < 4.78 is 2.38. The number of aromatic hydroxyl groups is 2. The second kappa shape index (κ2) is 20.7. The van der Waals surface area contributed by atoms with Crippen molar-refractivity contribution < 1.29 is 39.8 Å². The molecule has 23 nitrogen and oxygen atoms in total. The van der Waals surface area contributed by atoms with Gasteiger partial charge in [-0.15, -0.1) is 0 Å². The van der Waals surface area contributed by atoms with Crippen LogP contribution >= 0.6 is 11.8 Å². The Morgan fingerprint density at radius 2 is 1.08 bits per heavy atom. The Balaban J connectivity index is 0.000000252. The van der Waals surface area contributed by atoms with Crippen LogP contribution in [-0.4, -0.2) is 73.8 Å². The molecular formula is C35H37N9O14S. The van der Waals surface area contributed by atoms with Crippen LogP contribution in [0.5, 0.6) is 11.5 Å². The first-order valence-corrected chi connectivity index (χ1v) is 18.2. The Labute approximate surface area is 337 Å². The Morgan fingerprint density at radius 1 is 0.661 bits per heavy atom. The van der Waals surface area contributed by atoms with E-state index in [0.29, 0.717) is 30.2 Å². The molecule has 59 heavy (non-hydrogen) atoms. The fraction of sp³-hybridized carbons (Fsp3) is 0.286. The van der Waals surface area contributed by atoms with Gasteiger partial charge in [0, 0.05) is 18.0 Å². The molecule has 2 N–H and O–H groups in total. The van der Waals surface area contributed by atoms with Gasteiger partial charge >= 0.3 is 22.7 Å². The lowest BCUT2D eigenvalue weighted by Crippen LogP contribution is -2.27. The van der Waals surface area contributed by atoms with Crippen molar-refractivity contribution in [1.29, 1.82) is 0 Å². The van der Waals surface area contributed by atoms with Crippen molar-refractivity contribution in [3.63, 3.8) is 0 Å². The third-order valence-corrected chi connectivity index (χ3v) is 9.74. The number of non-ortho nitro benzene ring substituents is 2. The third kappa shape index (κ3) is 11.8. The van der Waals surface area contributed by atoms with Gasteiger partial charge in [-0.25, -0.2) is 4.98 Å². The summed E-state index contributed by atoms with van der Waals surface area (Å²) >= 11 is 1.77. The van der Waals surface area contributed by atoms with E-state index in [1.807, 2.05) is 0 Å². The van der Waals surface area contributed by atoms with Gasteiger partial charge in [0.15, 0.2) is 5.16 Å². The van der Waals surface area contributed by atoms with E-state index in [1.165, 1.54) is 22.4 Å². The molecule has 24 heteroatoms. The molecule has 0 saturated carbocycles. The van der Waals surface area contributed by atoms with Gasteiger partial charge in [0.05, 0.1) is 64.8 Å². The number of benzene rings is 4. The molecule has 1 atom stereocenters. The van der Waals surface area contributed by atoms with Crippen LogP contribution in [-0.2, 0) is 6.54 Å². The molecule has 0 aliphatic rings. The van der Waals surface area contributed by atoms with Crippen LogP contribution in [0.1, 0.15) is 45.6 Å².